The Kier molecular flexibility index (Phi) is 5.24. The van der Waals surface area contributed by atoms with Crippen molar-refractivity contribution < 1.29 is 14.6 Å². The number of ether oxygens (including phenoxy) is 1. The molecule has 0 amide bonds. The van der Waals surface area contributed by atoms with Gasteiger partial charge in [-0.1, -0.05) is 11.6 Å². The van der Waals surface area contributed by atoms with Crippen LogP contribution in [0.2, 0.25) is 5.02 Å². The van der Waals surface area contributed by atoms with Gasteiger partial charge in [-0.2, -0.15) is 0 Å². The van der Waals surface area contributed by atoms with Gasteiger partial charge in [-0.05, 0) is 34.0 Å². The molecule has 17 heavy (non-hydrogen) atoms. The molecule has 0 saturated heterocycles. The van der Waals surface area contributed by atoms with Gasteiger partial charge in [0.2, 0.25) is 0 Å². The maximum absolute atomic E-state index is 10.5. The van der Waals surface area contributed by atoms with Crippen molar-refractivity contribution in [1.82, 2.24) is 0 Å². The number of carbonyl (C=O) groups is 1. The molecule has 0 aromatic heterocycles. The largest absolute Gasteiger partial charge is 0.496 e. The quantitative estimate of drug-likeness (QED) is 0.874. The Morgan fingerprint density at radius 2 is 2.29 bits per heavy atom. The zero-order chi connectivity index (χ0) is 13.0. The number of carboxylic acids is 1. The maximum atomic E-state index is 10.5. The van der Waals surface area contributed by atoms with Crippen LogP contribution < -0.4 is 10.5 Å². The minimum Gasteiger partial charge on any atom is -0.496 e. The summed E-state index contributed by atoms with van der Waals surface area (Å²) in [6, 6.07) is 3.01. The van der Waals surface area contributed by atoms with E-state index in [-0.39, 0.29) is 6.42 Å². The first-order valence-corrected chi connectivity index (χ1v) is 6.13. The van der Waals surface area contributed by atoms with E-state index in [0.717, 1.165) is 4.47 Å². The highest BCUT2D eigenvalue weighted by atomic mass is 79.9. The summed E-state index contributed by atoms with van der Waals surface area (Å²) in [6.07, 6.45) is 0.356. The smallest absolute Gasteiger partial charge is 0.303 e. The van der Waals surface area contributed by atoms with Gasteiger partial charge < -0.3 is 15.6 Å². The second-order valence-electron chi connectivity index (χ2n) is 3.55. The monoisotopic (exact) mass is 321 g/mol. The molecule has 1 aromatic rings. The predicted molar refractivity (Wildman–Crippen MR) is 69.5 cm³/mol. The molecular weight excluding hydrogens is 309 g/mol. The fraction of sp³-hybridized carbons (Fsp3) is 0.364. The normalized spacial score (nSPS) is 12.2. The molecule has 0 aliphatic carbocycles. The molecule has 1 rings (SSSR count). The van der Waals surface area contributed by atoms with Gasteiger partial charge in [0.15, 0.2) is 0 Å². The summed E-state index contributed by atoms with van der Waals surface area (Å²) in [5.41, 5.74) is 6.60. The summed E-state index contributed by atoms with van der Waals surface area (Å²) in [5.74, 6) is -0.256. The number of methoxy groups -OCH3 is 1. The average Bonchev–Trinajstić information content (AvgIpc) is 2.28. The van der Waals surface area contributed by atoms with Crippen LogP contribution in [0.4, 0.5) is 0 Å². The fourth-order valence-electron chi connectivity index (χ4n) is 1.42. The van der Waals surface area contributed by atoms with Crippen molar-refractivity contribution in [2.24, 2.45) is 5.73 Å². The van der Waals surface area contributed by atoms with Crippen LogP contribution in [-0.2, 0) is 4.79 Å². The zero-order valence-electron chi connectivity index (χ0n) is 9.24. The Balaban J connectivity index is 2.90. The number of rotatable bonds is 5. The van der Waals surface area contributed by atoms with Gasteiger partial charge in [-0.15, -0.1) is 0 Å². The van der Waals surface area contributed by atoms with Gasteiger partial charge in [0.1, 0.15) is 5.75 Å². The third-order valence-corrected chi connectivity index (χ3v) is 3.29. The minimum absolute atomic E-state index is 0.0150. The van der Waals surface area contributed by atoms with Crippen molar-refractivity contribution in [3.63, 3.8) is 0 Å². The number of carboxylic acid groups (broad SMARTS) is 1. The molecule has 0 aliphatic rings. The molecule has 4 nitrogen and oxygen atoms in total. The van der Waals surface area contributed by atoms with Crippen LogP contribution in [0.1, 0.15) is 24.4 Å². The van der Waals surface area contributed by atoms with E-state index in [0.29, 0.717) is 22.8 Å². The summed E-state index contributed by atoms with van der Waals surface area (Å²) in [4.78, 5) is 10.5. The van der Waals surface area contributed by atoms with E-state index in [1.54, 1.807) is 19.2 Å². The lowest BCUT2D eigenvalue weighted by molar-refractivity contribution is -0.137. The number of hydrogen-bond acceptors (Lipinski definition) is 3. The first-order valence-electron chi connectivity index (χ1n) is 4.96. The SMILES string of the molecule is COc1cc(Cl)c(C(N)CCC(=O)O)cc1Br. The van der Waals surface area contributed by atoms with Crippen LogP contribution in [0.25, 0.3) is 0 Å². The molecule has 0 saturated carbocycles. The molecule has 0 heterocycles. The topological polar surface area (TPSA) is 72.5 Å². The highest BCUT2D eigenvalue weighted by Gasteiger charge is 2.14. The Hall–Kier alpha value is -0.780. The van der Waals surface area contributed by atoms with E-state index in [9.17, 15) is 4.79 Å². The molecule has 94 valence electrons. The standard InChI is InChI=1S/C11H13BrClNO3/c1-17-10-5-8(13)6(4-7(10)12)9(14)2-3-11(15)16/h4-5,9H,2-3,14H2,1H3,(H,15,16). The molecule has 3 N–H and O–H groups in total. The summed E-state index contributed by atoms with van der Waals surface area (Å²) < 4.78 is 5.83. The molecule has 1 aromatic carbocycles. The first kappa shape index (κ1) is 14.3. The Morgan fingerprint density at radius 1 is 1.65 bits per heavy atom. The molecule has 6 heteroatoms. The van der Waals surface area contributed by atoms with Crippen LogP contribution in [0.3, 0.4) is 0 Å². The predicted octanol–water partition coefficient (Wildman–Crippen LogP) is 2.98. The Bertz CT molecular complexity index is 425. The molecule has 0 bridgehead atoms. The summed E-state index contributed by atoms with van der Waals surface area (Å²) in [5, 5.41) is 9.07. The molecule has 0 fully saturated rings. The van der Waals surface area contributed by atoms with Crippen LogP contribution in [0, 0.1) is 0 Å². The van der Waals surface area contributed by atoms with E-state index in [1.807, 2.05) is 0 Å². The van der Waals surface area contributed by atoms with Gasteiger partial charge >= 0.3 is 5.97 Å². The van der Waals surface area contributed by atoms with Crippen LogP contribution in [0.5, 0.6) is 5.75 Å². The van der Waals surface area contributed by atoms with Gasteiger partial charge in [0, 0.05) is 23.6 Å². The lowest BCUT2D eigenvalue weighted by Gasteiger charge is -2.14. The number of hydrogen-bond donors (Lipinski definition) is 2. The number of aliphatic carboxylic acids is 1. The van der Waals surface area contributed by atoms with Crippen LogP contribution in [0.15, 0.2) is 16.6 Å². The molecular formula is C11H13BrClNO3. The molecule has 0 spiro atoms. The maximum Gasteiger partial charge on any atom is 0.303 e. The number of halogens is 2. The second-order valence-corrected chi connectivity index (χ2v) is 4.81. The van der Waals surface area contributed by atoms with Crippen LogP contribution >= 0.6 is 27.5 Å². The molecule has 0 aliphatic heterocycles. The molecule has 1 unspecified atom stereocenters. The molecule has 0 radical (unpaired) electrons. The van der Waals surface area contributed by atoms with Gasteiger partial charge in [-0.25, -0.2) is 0 Å². The van der Waals surface area contributed by atoms with E-state index >= 15 is 0 Å². The summed E-state index contributed by atoms with van der Waals surface area (Å²) in [6.45, 7) is 0. The minimum atomic E-state index is -0.871. The van der Waals surface area contributed by atoms with Crippen molar-refractivity contribution in [2.75, 3.05) is 7.11 Å². The van der Waals surface area contributed by atoms with E-state index in [1.165, 1.54) is 0 Å². The van der Waals surface area contributed by atoms with E-state index in [4.69, 9.17) is 27.2 Å². The van der Waals surface area contributed by atoms with Crippen molar-refractivity contribution in [2.45, 2.75) is 18.9 Å². The van der Waals surface area contributed by atoms with Gasteiger partial charge in [0.25, 0.3) is 0 Å². The van der Waals surface area contributed by atoms with Gasteiger partial charge in [0.05, 0.1) is 11.6 Å². The number of nitrogens with two attached hydrogens (primary N) is 1. The third-order valence-electron chi connectivity index (χ3n) is 2.34. The lowest BCUT2D eigenvalue weighted by Crippen LogP contribution is -2.13. The summed E-state index contributed by atoms with van der Waals surface area (Å²) >= 11 is 9.40. The Labute approximate surface area is 113 Å². The van der Waals surface area contributed by atoms with Crippen molar-refractivity contribution in [3.8, 4) is 5.75 Å². The lowest BCUT2D eigenvalue weighted by atomic mass is 10.0. The highest BCUT2D eigenvalue weighted by molar-refractivity contribution is 9.10. The van der Waals surface area contributed by atoms with E-state index in [2.05, 4.69) is 15.9 Å². The highest BCUT2D eigenvalue weighted by Crippen LogP contribution is 2.34. The number of benzene rings is 1. The molecule has 1 atom stereocenters. The van der Waals surface area contributed by atoms with Crippen molar-refractivity contribution >= 4 is 33.5 Å². The average molecular weight is 323 g/mol. The van der Waals surface area contributed by atoms with Crippen LogP contribution in [-0.4, -0.2) is 18.2 Å². The summed E-state index contributed by atoms with van der Waals surface area (Å²) in [7, 11) is 1.54. The van der Waals surface area contributed by atoms with E-state index < -0.39 is 12.0 Å². The first-order chi connectivity index (χ1) is 7.95. The fourth-order valence-corrected chi connectivity index (χ4v) is 2.24. The van der Waals surface area contributed by atoms with Gasteiger partial charge in [-0.3, -0.25) is 4.79 Å². The third kappa shape index (κ3) is 3.87. The Morgan fingerprint density at radius 3 is 2.82 bits per heavy atom. The van der Waals surface area contributed by atoms with Crippen molar-refractivity contribution in [3.05, 3.63) is 27.2 Å². The van der Waals surface area contributed by atoms with Crippen molar-refractivity contribution in [1.29, 1.82) is 0 Å². The second kappa shape index (κ2) is 6.23. The zero-order valence-corrected chi connectivity index (χ0v) is 11.6.